The van der Waals surface area contributed by atoms with E-state index in [0.717, 1.165) is 5.56 Å². The number of non-ortho nitro benzene ring substituents is 1. The van der Waals surface area contributed by atoms with E-state index in [9.17, 15) is 18.5 Å². The largest absolute Gasteiger partial charge is 0.269 e. The average Bonchev–Trinajstić information content (AvgIpc) is 2.59. The second-order valence-corrected chi connectivity index (χ2v) is 6.87. The number of rotatable bonds is 7. The maximum atomic E-state index is 12.4. The van der Waals surface area contributed by atoms with Gasteiger partial charge in [-0.15, -0.1) is 0 Å². The van der Waals surface area contributed by atoms with E-state index in [2.05, 4.69) is 4.72 Å². The Labute approximate surface area is 141 Å². The van der Waals surface area contributed by atoms with Gasteiger partial charge in [-0.1, -0.05) is 49.4 Å². The van der Waals surface area contributed by atoms with Gasteiger partial charge in [0.2, 0.25) is 10.0 Å². The van der Waals surface area contributed by atoms with Gasteiger partial charge in [-0.3, -0.25) is 10.1 Å². The third kappa shape index (κ3) is 4.74. The van der Waals surface area contributed by atoms with Gasteiger partial charge in [0.05, 0.1) is 9.82 Å². The first-order valence-electron chi connectivity index (χ1n) is 7.42. The van der Waals surface area contributed by atoms with E-state index >= 15 is 0 Å². The Kier molecular flexibility index (Phi) is 5.83. The molecule has 126 valence electrons. The zero-order valence-corrected chi connectivity index (χ0v) is 13.9. The van der Waals surface area contributed by atoms with Crippen LogP contribution in [0.5, 0.6) is 0 Å². The van der Waals surface area contributed by atoms with Crippen molar-refractivity contribution < 1.29 is 13.3 Å². The quantitative estimate of drug-likeness (QED) is 0.615. The molecule has 1 N–H and O–H groups in total. The third-order valence-electron chi connectivity index (χ3n) is 3.42. The molecular formula is C17H18N2O4S. The van der Waals surface area contributed by atoms with Gasteiger partial charge in [-0.05, 0) is 24.1 Å². The fraction of sp³-hybridized carbons (Fsp3) is 0.176. The lowest BCUT2D eigenvalue weighted by molar-refractivity contribution is -0.384. The maximum Gasteiger partial charge on any atom is 0.269 e. The predicted octanol–water partition coefficient (Wildman–Crippen LogP) is 3.37. The Morgan fingerprint density at radius 1 is 1.12 bits per heavy atom. The zero-order chi connectivity index (χ0) is 17.6. The lowest BCUT2D eigenvalue weighted by atomic mass is 10.1. The van der Waals surface area contributed by atoms with Gasteiger partial charge in [0.1, 0.15) is 0 Å². The molecule has 0 heterocycles. The maximum absolute atomic E-state index is 12.4. The second-order valence-electron chi connectivity index (χ2n) is 5.16. The molecule has 2 aromatic carbocycles. The zero-order valence-electron chi connectivity index (χ0n) is 13.1. The molecule has 0 aliphatic rings. The van der Waals surface area contributed by atoms with Crippen LogP contribution in [-0.2, 0) is 10.0 Å². The van der Waals surface area contributed by atoms with Crippen LogP contribution in [0.2, 0.25) is 0 Å². The number of nitro benzene ring substituents is 1. The first-order valence-corrected chi connectivity index (χ1v) is 8.90. The van der Waals surface area contributed by atoms with Crippen molar-refractivity contribution in [3.63, 3.8) is 0 Å². The van der Waals surface area contributed by atoms with E-state index in [4.69, 9.17) is 0 Å². The molecule has 1 atom stereocenters. The number of benzene rings is 2. The fourth-order valence-electron chi connectivity index (χ4n) is 2.06. The van der Waals surface area contributed by atoms with Crippen molar-refractivity contribution in [3.8, 4) is 0 Å². The molecule has 0 spiro atoms. The summed E-state index contributed by atoms with van der Waals surface area (Å²) >= 11 is 0. The lowest BCUT2D eigenvalue weighted by Gasteiger charge is -2.13. The van der Waals surface area contributed by atoms with Crippen LogP contribution in [0.25, 0.3) is 6.08 Å². The molecule has 0 radical (unpaired) electrons. The molecule has 2 rings (SSSR count). The first kappa shape index (κ1) is 17.8. The Morgan fingerprint density at radius 3 is 2.29 bits per heavy atom. The minimum atomic E-state index is -3.74. The van der Waals surface area contributed by atoms with Crippen LogP contribution in [0, 0.1) is 10.1 Å². The van der Waals surface area contributed by atoms with Crippen LogP contribution < -0.4 is 4.72 Å². The molecule has 0 aliphatic heterocycles. The lowest BCUT2D eigenvalue weighted by Crippen LogP contribution is -2.32. The Bertz CT molecular complexity index is 815. The summed E-state index contributed by atoms with van der Waals surface area (Å²) in [6, 6.07) is 14.0. The number of hydrogen-bond acceptors (Lipinski definition) is 4. The van der Waals surface area contributed by atoms with Crippen LogP contribution in [0.3, 0.4) is 0 Å². The van der Waals surface area contributed by atoms with Gasteiger partial charge in [0.15, 0.2) is 0 Å². The summed E-state index contributed by atoms with van der Waals surface area (Å²) in [7, 11) is -3.74. The third-order valence-corrected chi connectivity index (χ3v) is 4.93. The van der Waals surface area contributed by atoms with Gasteiger partial charge in [-0.25, -0.2) is 13.1 Å². The molecule has 0 aromatic heterocycles. The second kappa shape index (κ2) is 7.85. The number of hydrogen-bond donors (Lipinski definition) is 1. The molecule has 0 fully saturated rings. The van der Waals surface area contributed by atoms with Crippen molar-refractivity contribution in [3.05, 3.63) is 76.4 Å². The van der Waals surface area contributed by atoms with Gasteiger partial charge in [-0.2, -0.15) is 0 Å². The topological polar surface area (TPSA) is 89.3 Å². The smallest absolute Gasteiger partial charge is 0.258 e. The molecule has 0 aliphatic carbocycles. The Balaban J connectivity index is 2.13. The normalized spacial score (nSPS) is 13.0. The van der Waals surface area contributed by atoms with Crippen LogP contribution in [-0.4, -0.2) is 19.4 Å². The van der Waals surface area contributed by atoms with Crippen molar-refractivity contribution >= 4 is 21.8 Å². The monoisotopic (exact) mass is 346 g/mol. The van der Waals surface area contributed by atoms with Crippen LogP contribution in [0.15, 0.2) is 65.6 Å². The van der Waals surface area contributed by atoms with E-state index in [0.29, 0.717) is 6.42 Å². The highest BCUT2D eigenvalue weighted by molar-refractivity contribution is 7.89. The van der Waals surface area contributed by atoms with Crippen molar-refractivity contribution in [1.82, 2.24) is 4.72 Å². The summed E-state index contributed by atoms with van der Waals surface area (Å²) in [5.41, 5.74) is 0.829. The average molecular weight is 346 g/mol. The predicted molar refractivity (Wildman–Crippen MR) is 93.0 cm³/mol. The van der Waals surface area contributed by atoms with E-state index < -0.39 is 14.9 Å². The molecule has 7 heteroatoms. The summed E-state index contributed by atoms with van der Waals surface area (Å²) in [5, 5.41) is 10.6. The fourth-order valence-corrected chi connectivity index (χ4v) is 3.34. The van der Waals surface area contributed by atoms with E-state index in [1.807, 2.05) is 43.3 Å². The number of nitro groups is 1. The van der Waals surface area contributed by atoms with Gasteiger partial charge < -0.3 is 0 Å². The molecule has 24 heavy (non-hydrogen) atoms. The summed E-state index contributed by atoms with van der Waals surface area (Å²) in [5.74, 6) is 0. The summed E-state index contributed by atoms with van der Waals surface area (Å²) < 4.78 is 27.4. The van der Waals surface area contributed by atoms with Gasteiger partial charge >= 0.3 is 0 Å². The molecule has 2 aromatic rings. The van der Waals surface area contributed by atoms with Gasteiger partial charge in [0.25, 0.3) is 5.69 Å². The molecule has 0 unspecified atom stereocenters. The summed E-state index contributed by atoms with van der Waals surface area (Å²) in [6.45, 7) is 1.87. The SMILES string of the molecule is CC[C@H](/C=C/c1ccccc1)NS(=O)(=O)c1ccc([N+](=O)[O-])cc1. The molecule has 0 saturated heterocycles. The Morgan fingerprint density at radius 2 is 1.75 bits per heavy atom. The van der Waals surface area contributed by atoms with Crippen LogP contribution >= 0.6 is 0 Å². The van der Waals surface area contributed by atoms with Crippen molar-refractivity contribution in [2.45, 2.75) is 24.3 Å². The summed E-state index contributed by atoms with van der Waals surface area (Å²) in [6.07, 6.45) is 4.22. The highest BCUT2D eigenvalue weighted by Crippen LogP contribution is 2.16. The molecule has 0 amide bonds. The Hall–Kier alpha value is -2.51. The first-order chi connectivity index (χ1) is 11.4. The highest BCUT2D eigenvalue weighted by atomic mass is 32.2. The van der Waals surface area contributed by atoms with E-state index in [1.165, 1.54) is 24.3 Å². The standard InChI is InChI=1S/C17H18N2O4S/c1-2-15(9-8-14-6-4-3-5-7-14)18-24(22,23)17-12-10-16(11-13-17)19(20)21/h3-13,15,18H,2H2,1H3/b9-8+/t15-/m1/s1. The number of sulfonamides is 1. The molecule has 6 nitrogen and oxygen atoms in total. The molecule has 0 saturated carbocycles. The minimum absolute atomic E-state index is 0.000314. The van der Waals surface area contributed by atoms with Crippen molar-refractivity contribution in [2.75, 3.05) is 0 Å². The van der Waals surface area contributed by atoms with Crippen molar-refractivity contribution in [1.29, 1.82) is 0 Å². The highest BCUT2D eigenvalue weighted by Gasteiger charge is 2.18. The van der Waals surface area contributed by atoms with Gasteiger partial charge in [0, 0.05) is 18.2 Å². The minimum Gasteiger partial charge on any atom is -0.258 e. The van der Waals surface area contributed by atoms with Crippen LogP contribution in [0.4, 0.5) is 5.69 Å². The van der Waals surface area contributed by atoms with Crippen LogP contribution in [0.1, 0.15) is 18.9 Å². The summed E-state index contributed by atoms with van der Waals surface area (Å²) in [4.78, 5) is 10.1. The number of nitrogens with one attached hydrogen (secondary N) is 1. The molecule has 0 bridgehead atoms. The van der Waals surface area contributed by atoms with Crippen molar-refractivity contribution in [2.24, 2.45) is 0 Å². The van der Waals surface area contributed by atoms with E-state index in [1.54, 1.807) is 6.08 Å². The number of nitrogens with zero attached hydrogens (tertiary/aromatic N) is 1. The molecular weight excluding hydrogens is 328 g/mol. The van der Waals surface area contributed by atoms with E-state index in [-0.39, 0.29) is 16.6 Å².